The van der Waals surface area contributed by atoms with Gasteiger partial charge in [0.1, 0.15) is 0 Å². The van der Waals surface area contributed by atoms with Crippen LogP contribution in [-0.4, -0.2) is 37.2 Å². The smallest absolute Gasteiger partial charge is 0.0659 e. The molecule has 0 aliphatic heterocycles. The highest BCUT2D eigenvalue weighted by molar-refractivity contribution is 5.21. The second-order valence-corrected chi connectivity index (χ2v) is 5.18. The maximum absolute atomic E-state index is 5.90. The molecule has 0 heterocycles. The van der Waals surface area contributed by atoms with E-state index in [2.05, 4.69) is 50.1 Å². The zero-order valence-corrected chi connectivity index (χ0v) is 12.1. The molecule has 3 nitrogen and oxygen atoms in total. The highest BCUT2D eigenvalue weighted by Crippen LogP contribution is 2.16. The first-order valence-electron chi connectivity index (χ1n) is 6.56. The first-order chi connectivity index (χ1) is 8.51. The number of benzene rings is 1. The highest BCUT2D eigenvalue weighted by atomic mass is 16.5. The van der Waals surface area contributed by atoms with E-state index < -0.39 is 0 Å². The maximum Gasteiger partial charge on any atom is 0.0659 e. The van der Waals surface area contributed by atoms with Gasteiger partial charge in [-0.05, 0) is 33.4 Å². The van der Waals surface area contributed by atoms with Crippen LogP contribution < -0.4 is 5.73 Å². The van der Waals surface area contributed by atoms with E-state index in [1.54, 1.807) is 0 Å². The maximum atomic E-state index is 5.90. The number of hydrogen-bond donors (Lipinski definition) is 1. The Morgan fingerprint density at radius 1 is 1.28 bits per heavy atom. The van der Waals surface area contributed by atoms with Crippen LogP contribution in [0, 0.1) is 6.92 Å². The molecule has 102 valence electrons. The van der Waals surface area contributed by atoms with Crippen molar-refractivity contribution < 1.29 is 4.74 Å². The van der Waals surface area contributed by atoms with Gasteiger partial charge in [0, 0.05) is 19.7 Å². The number of aryl methyl sites for hydroxylation is 1. The molecule has 1 atom stereocenters. The van der Waals surface area contributed by atoms with Crippen molar-refractivity contribution >= 4 is 0 Å². The molecule has 0 amide bonds. The van der Waals surface area contributed by atoms with Gasteiger partial charge in [-0.15, -0.1) is 0 Å². The number of hydrogen-bond acceptors (Lipinski definition) is 3. The fourth-order valence-electron chi connectivity index (χ4n) is 1.81. The van der Waals surface area contributed by atoms with Gasteiger partial charge in [-0.1, -0.05) is 29.8 Å². The molecule has 0 spiro atoms. The van der Waals surface area contributed by atoms with E-state index in [9.17, 15) is 0 Å². The van der Waals surface area contributed by atoms with Crippen LogP contribution in [0.1, 0.15) is 25.0 Å². The molecule has 0 aromatic heterocycles. The van der Waals surface area contributed by atoms with Crippen LogP contribution in [0.5, 0.6) is 0 Å². The SMILES string of the molecule is CCOCC(C)(CN)N(C)Cc1ccc(C)cc1. The average Bonchev–Trinajstić information content (AvgIpc) is 2.38. The van der Waals surface area contributed by atoms with Crippen molar-refractivity contribution in [3.05, 3.63) is 35.4 Å². The topological polar surface area (TPSA) is 38.5 Å². The van der Waals surface area contributed by atoms with Gasteiger partial charge in [0.05, 0.1) is 12.1 Å². The molecule has 1 aromatic rings. The third-order valence-corrected chi connectivity index (χ3v) is 3.52. The fourth-order valence-corrected chi connectivity index (χ4v) is 1.81. The van der Waals surface area contributed by atoms with E-state index in [1.807, 2.05) is 6.92 Å². The molecule has 0 aliphatic carbocycles. The average molecular weight is 250 g/mol. The molecule has 0 radical (unpaired) electrons. The van der Waals surface area contributed by atoms with E-state index in [1.165, 1.54) is 11.1 Å². The molecule has 0 saturated carbocycles. The normalized spacial score (nSPS) is 14.8. The Labute approximate surface area is 111 Å². The lowest BCUT2D eigenvalue weighted by Gasteiger charge is -2.37. The van der Waals surface area contributed by atoms with E-state index >= 15 is 0 Å². The van der Waals surface area contributed by atoms with E-state index in [-0.39, 0.29) is 5.54 Å². The van der Waals surface area contributed by atoms with Crippen molar-refractivity contribution in [1.82, 2.24) is 4.90 Å². The van der Waals surface area contributed by atoms with Gasteiger partial charge in [0.2, 0.25) is 0 Å². The summed E-state index contributed by atoms with van der Waals surface area (Å²) in [6.07, 6.45) is 0. The van der Waals surface area contributed by atoms with Crippen molar-refractivity contribution in [1.29, 1.82) is 0 Å². The quantitative estimate of drug-likeness (QED) is 0.806. The van der Waals surface area contributed by atoms with E-state index in [0.29, 0.717) is 13.2 Å². The van der Waals surface area contributed by atoms with Gasteiger partial charge >= 0.3 is 0 Å². The predicted molar refractivity (Wildman–Crippen MR) is 76.6 cm³/mol. The lowest BCUT2D eigenvalue weighted by atomic mass is 10.0. The summed E-state index contributed by atoms with van der Waals surface area (Å²) >= 11 is 0. The van der Waals surface area contributed by atoms with Crippen molar-refractivity contribution in [2.24, 2.45) is 5.73 Å². The van der Waals surface area contributed by atoms with Gasteiger partial charge in [0.25, 0.3) is 0 Å². The van der Waals surface area contributed by atoms with Crippen LogP contribution in [0.3, 0.4) is 0 Å². The van der Waals surface area contributed by atoms with Crippen molar-refractivity contribution in [3.63, 3.8) is 0 Å². The second-order valence-electron chi connectivity index (χ2n) is 5.18. The molecule has 0 aliphatic rings. The largest absolute Gasteiger partial charge is 0.380 e. The van der Waals surface area contributed by atoms with Crippen LogP contribution in [0.4, 0.5) is 0 Å². The summed E-state index contributed by atoms with van der Waals surface area (Å²) in [7, 11) is 2.10. The van der Waals surface area contributed by atoms with Gasteiger partial charge in [0.15, 0.2) is 0 Å². The highest BCUT2D eigenvalue weighted by Gasteiger charge is 2.27. The first kappa shape index (κ1) is 15.2. The minimum absolute atomic E-state index is 0.110. The summed E-state index contributed by atoms with van der Waals surface area (Å²) in [6.45, 7) is 9.15. The Kier molecular flexibility index (Phi) is 5.79. The van der Waals surface area contributed by atoms with Crippen LogP contribution in [-0.2, 0) is 11.3 Å². The van der Waals surface area contributed by atoms with Crippen LogP contribution >= 0.6 is 0 Å². The molecule has 1 rings (SSSR count). The Balaban J connectivity index is 2.66. The standard InChI is InChI=1S/C15H26N2O/c1-5-18-12-15(3,11-16)17(4)10-14-8-6-13(2)7-9-14/h6-9H,5,10-12,16H2,1-4H3. The minimum Gasteiger partial charge on any atom is -0.380 e. The zero-order valence-electron chi connectivity index (χ0n) is 12.1. The van der Waals surface area contributed by atoms with E-state index in [4.69, 9.17) is 10.5 Å². The lowest BCUT2D eigenvalue weighted by Crippen LogP contribution is -2.52. The Bertz CT molecular complexity index is 350. The van der Waals surface area contributed by atoms with Crippen LogP contribution in [0.15, 0.2) is 24.3 Å². The van der Waals surface area contributed by atoms with Crippen LogP contribution in [0.25, 0.3) is 0 Å². The molecule has 0 saturated heterocycles. The third-order valence-electron chi connectivity index (χ3n) is 3.52. The number of nitrogens with zero attached hydrogens (tertiary/aromatic N) is 1. The number of rotatable bonds is 7. The summed E-state index contributed by atoms with van der Waals surface area (Å²) < 4.78 is 5.55. The molecule has 0 fully saturated rings. The van der Waals surface area contributed by atoms with Gasteiger partial charge in [-0.2, -0.15) is 0 Å². The van der Waals surface area contributed by atoms with Gasteiger partial charge in [-0.3, -0.25) is 4.90 Å². The summed E-state index contributed by atoms with van der Waals surface area (Å²) in [4.78, 5) is 2.27. The van der Waals surface area contributed by atoms with Gasteiger partial charge in [-0.25, -0.2) is 0 Å². The lowest BCUT2D eigenvalue weighted by molar-refractivity contribution is 0.0202. The molecule has 1 aromatic carbocycles. The zero-order chi connectivity index (χ0) is 13.6. The molecular weight excluding hydrogens is 224 g/mol. The summed E-state index contributed by atoms with van der Waals surface area (Å²) in [5.74, 6) is 0. The fraction of sp³-hybridized carbons (Fsp3) is 0.600. The van der Waals surface area contributed by atoms with Gasteiger partial charge < -0.3 is 10.5 Å². The summed E-state index contributed by atoms with van der Waals surface area (Å²) in [6, 6.07) is 8.63. The Hall–Kier alpha value is -0.900. The van der Waals surface area contributed by atoms with E-state index in [0.717, 1.165) is 13.2 Å². The Morgan fingerprint density at radius 3 is 2.39 bits per heavy atom. The van der Waals surface area contributed by atoms with Crippen molar-refractivity contribution in [2.75, 3.05) is 26.8 Å². The molecule has 0 bridgehead atoms. The monoisotopic (exact) mass is 250 g/mol. The second kappa shape index (κ2) is 6.88. The van der Waals surface area contributed by atoms with Crippen LogP contribution in [0.2, 0.25) is 0 Å². The molecule has 1 unspecified atom stereocenters. The minimum atomic E-state index is -0.110. The van der Waals surface area contributed by atoms with Crippen molar-refractivity contribution in [3.8, 4) is 0 Å². The number of ether oxygens (including phenoxy) is 1. The number of nitrogens with two attached hydrogens (primary N) is 1. The predicted octanol–water partition coefficient (Wildman–Crippen LogP) is 2.18. The summed E-state index contributed by atoms with van der Waals surface area (Å²) in [5, 5.41) is 0. The first-order valence-corrected chi connectivity index (χ1v) is 6.56. The van der Waals surface area contributed by atoms with Crippen molar-refractivity contribution in [2.45, 2.75) is 32.9 Å². The molecular formula is C15H26N2O. The summed E-state index contributed by atoms with van der Waals surface area (Å²) in [5.41, 5.74) is 8.39. The molecule has 3 heteroatoms. The third kappa shape index (κ3) is 4.09. The molecule has 2 N–H and O–H groups in total. The number of likely N-dealkylation sites (N-methyl/N-ethyl adjacent to an activating group) is 1. The molecule has 18 heavy (non-hydrogen) atoms. The Morgan fingerprint density at radius 2 is 1.89 bits per heavy atom.